The number of hydrogen-bond donors (Lipinski definition) is 1. The standard InChI is InChI=1S/C13H14O3/c14-12(15)13(8-11-2-1-5-16-11)7-9-3-4-10(13)6-9/h1-5,9-10H,6-8H2,(H,14,15)/t9-,10-,13+/m0/s1. The summed E-state index contributed by atoms with van der Waals surface area (Å²) >= 11 is 0. The van der Waals surface area contributed by atoms with Crippen molar-refractivity contribution < 1.29 is 14.3 Å². The molecule has 1 heterocycles. The summed E-state index contributed by atoms with van der Waals surface area (Å²) in [6.45, 7) is 0. The van der Waals surface area contributed by atoms with Gasteiger partial charge in [0.25, 0.3) is 0 Å². The van der Waals surface area contributed by atoms with Gasteiger partial charge in [0.2, 0.25) is 0 Å². The Morgan fingerprint density at radius 3 is 2.94 bits per heavy atom. The molecule has 0 spiro atoms. The second-order valence-corrected chi connectivity index (χ2v) is 4.91. The summed E-state index contributed by atoms with van der Waals surface area (Å²) in [4.78, 5) is 11.6. The Hall–Kier alpha value is -1.51. The number of furan rings is 1. The highest BCUT2D eigenvalue weighted by Gasteiger charge is 2.53. The van der Waals surface area contributed by atoms with Crippen LogP contribution in [0.5, 0.6) is 0 Å². The van der Waals surface area contributed by atoms with Crippen molar-refractivity contribution in [2.45, 2.75) is 19.3 Å². The molecular formula is C13H14O3. The number of allylic oxidation sites excluding steroid dienone is 2. The van der Waals surface area contributed by atoms with Crippen molar-refractivity contribution in [1.29, 1.82) is 0 Å². The third kappa shape index (κ3) is 1.24. The van der Waals surface area contributed by atoms with Crippen molar-refractivity contribution in [3.05, 3.63) is 36.3 Å². The molecule has 1 aromatic rings. The molecule has 3 nitrogen and oxygen atoms in total. The van der Waals surface area contributed by atoms with Crippen molar-refractivity contribution >= 4 is 5.97 Å². The fourth-order valence-electron chi connectivity index (χ4n) is 3.20. The monoisotopic (exact) mass is 218 g/mol. The van der Waals surface area contributed by atoms with E-state index in [-0.39, 0.29) is 5.92 Å². The summed E-state index contributed by atoms with van der Waals surface area (Å²) in [7, 11) is 0. The average Bonchev–Trinajstić information content (AvgIpc) is 2.92. The van der Waals surface area contributed by atoms with Crippen molar-refractivity contribution in [3.63, 3.8) is 0 Å². The van der Waals surface area contributed by atoms with Gasteiger partial charge in [-0.05, 0) is 36.8 Å². The van der Waals surface area contributed by atoms with Crippen molar-refractivity contribution in [1.82, 2.24) is 0 Å². The lowest BCUT2D eigenvalue weighted by Crippen LogP contribution is -2.37. The predicted molar refractivity (Wildman–Crippen MR) is 57.8 cm³/mol. The Labute approximate surface area is 93.8 Å². The molecule has 0 unspecified atom stereocenters. The zero-order valence-electron chi connectivity index (χ0n) is 8.93. The highest BCUT2D eigenvalue weighted by atomic mass is 16.4. The number of aliphatic carboxylic acids is 1. The maximum absolute atomic E-state index is 11.6. The van der Waals surface area contributed by atoms with Crippen LogP contribution in [-0.2, 0) is 11.2 Å². The van der Waals surface area contributed by atoms with Crippen LogP contribution >= 0.6 is 0 Å². The van der Waals surface area contributed by atoms with Crippen molar-refractivity contribution in [2.75, 3.05) is 0 Å². The lowest BCUT2D eigenvalue weighted by Gasteiger charge is -2.30. The summed E-state index contributed by atoms with van der Waals surface area (Å²) in [6, 6.07) is 3.67. The van der Waals surface area contributed by atoms with E-state index in [0.29, 0.717) is 12.3 Å². The lowest BCUT2D eigenvalue weighted by atomic mass is 9.72. The van der Waals surface area contributed by atoms with E-state index in [1.807, 2.05) is 12.1 Å². The van der Waals surface area contributed by atoms with Gasteiger partial charge in [-0.15, -0.1) is 0 Å². The molecule has 0 aromatic carbocycles. The predicted octanol–water partition coefficient (Wildman–Crippen LogP) is 2.49. The van der Waals surface area contributed by atoms with Crippen LogP contribution in [0.2, 0.25) is 0 Å². The van der Waals surface area contributed by atoms with E-state index in [2.05, 4.69) is 12.2 Å². The van der Waals surface area contributed by atoms with Crippen LogP contribution in [-0.4, -0.2) is 11.1 Å². The van der Waals surface area contributed by atoms with Crippen LogP contribution in [0.1, 0.15) is 18.6 Å². The van der Waals surface area contributed by atoms with Crippen molar-refractivity contribution in [2.24, 2.45) is 17.3 Å². The third-order valence-corrected chi connectivity index (χ3v) is 4.00. The van der Waals surface area contributed by atoms with E-state index in [0.717, 1.165) is 18.6 Å². The molecule has 2 bridgehead atoms. The third-order valence-electron chi connectivity index (χ3n) is 4.00. The second-order valence-electron chi connectivity index (χ2n) is 4.91. The molecule has 3 heteroatoms. The quantitative estimate of drug-likeness (QED) is 0.793. The number of hydrogen-bond acceptors (Lipinski definition) is 2. The Morgan fingerprint density at radius 1 is 1.56 bits per heavy atom. The summed E-state index contributed by atoms with van der Waals surface area (Å²) in [6.07, 6.45) is 8.10. The molecule has 3 atom stereocenters. The molecule has 16 heavy (non-hydrogen) atoms. The largest absolute Gasteiger partial charge is 0.481 e. The smallest absolute Gasteiger partial charge is 0.310 e. The molecule has 1 N–H and O–H groups in total. The Balaban J connectivity index is 1.93. The number of carbonyl (C=O) groups is 1. The van der Waals surface area contributed by atoms with E-state index in [1.54, 1.807) is 6.26 Å². The first-order valence-electron chi connectivity index (χ1n) is 5.65. The minimum Gasteiger partial charge on any atom is -0.481 e. The fraction of sp³-hybridized carbons (Fsp3) is 0.462. The number of rotatable bonds is 3. The van der Waals surface area contributed by atoms with Crippen LogP contribution < -0.4 is 0 Å². The molecule has 0 saturated heterocycles. The first-order valence-corrected chi connectivity index (χ1v) is 5.65. The van der Waals surface area contributed by atoms with Crippen molar-refractivity contribution in [3.8, 4) is 0 Å². The molecule has 0 aliphatic heterocycles. The molecule has 1 fully saturated rings. The highest BCUT2D eigenvalue weighted by molar-refractivity contribution is 5.77. The average molecular weight is 218 g/mol. The molecule has 3 rings (SSSR count). The number of carboxylic acids is 1. The van der Waals surface area contributed by atoms with E-state index in [9.17, 15) is 9.90 Å². The highest BCUT2D eigenvalue weighted by Crippen LogP contribution is 2.53. The Morgan fingerprint density at radius 2 is 2.44 bits per heavy atom. The van der Waals surface area contributed by atoms with Gasteiger partial charge in [0, 0.05) is 6.42 Å². The SMILES string of the molecule is O=C(O)[C@@]1(Cc2ccco2)C[C@H]2C=C[C@H]1C2. The summed E-state index contributed by atoms with van der Waals surface area (Å²) < 4.78 is 5.29. The zero-order chi connectivity index (χ0) is 11.2. The molecule has 0 amide bonds. The molecule has 2 aliphatic carbocycles. The molecular weight excluding hydrogens is 204 g/mol. The van der Waals surface area contributed by atoms with E-state index < -0.39 is 11.4 Å². The minimum atomic E-state index is -0.680. The van der Waals surface area contributed by atoms with E-state index >= 15 is 0 Å². The van der Waals surface area contributed by atoms with Crippen LogP contribution in [0.25, 0.3) is 0 Å². The maximum Gasteiger partial charge on any atom is 0.310 e. The van der Waals surface area contributed by atoms with Gasteiger partial charge < -0.3 is 9.52 Å². The van der Waals surface area contributed by atoms with Gasteiger partial charge in [-0.3, -0.25) is 4.79 Å². The van der Waals surface area contributed by atoms with Gasteiger partial charge in [-0.1, -0.05) is 12.2 Å². The van der Waals surface area contributed by atoms with Gasteiger partial charge >= 0.3 is 5.97 Å². The minimum absolute atomic E-state index is 0.181. The fourth-order valence-corrected chi connectivity index (χ4v) is 3.20. The first-order chi connectivity index (χ1) is 7.71. The van der Waals surface area contributed by atoms with Gasteiger partial charge in [0.1, 0.15) is 5.76 Å². The van der Waals surface area contributed by atoms with E-state index in [4.69, 9.17) is 4.42 Å². The van der Waals surface area contributed by atoms with Gasteiger partial charge in [0.05, 0.1) is 11.7 Å². The van der Waals surface area contributed by atoms with Crippen LogP contribution in [0, 0.1) is 17.3 Å². The summed E-state index contributed by atoms with van der Waals surface area (Å²) in [5, 5.41) is 9.51. The Kier molecular flexibility index (Phi) is 1.96. The van der Waals surface area contributed by atoms with Crippen LogP contribution in [0.3, 0.4) is 0 Å². The van der Waals surface area contributed by atoms with Gasteiger partial charge in [0.15, 0.2) is 0 Å². The zero-order valence-corrected chi connectivity index (χ0v) is 8.93. The molecule has 2 aliphatic rings. The number of carboxylic acid groups (broad SMARTS) is 1. The maximum atomic E-state index is 11.6. The van der Waals surface area contributed by atoms with Crippen LogP contribution in [0.15, 0.2) is 35.0 Å². The first kappa shape index (κ1) is 9.70. The van der Waals surface area contributed by atoms with Gasteiger partial charge in [-0.25, -0.2) is 0 Å². The molecule has 84 valence electrons. The van der Waals surface area contributed by atoms with E-state index in [1.165, 1.54) is 0 Å². The molecule has 1 saturated carbocycles. The second kappa shape index (κ2) is 3.24. The number of fused-ring (bicyclic) bond motifs is 2. The normalized spacial score (nSPS) is 35.8. The summed E-state index contributed by atoms with van der Waals surface area (Å²) in [5.74, 6) is 0.736. The summed E-state index contributed by atoms with van der Waals surface area (Å²) in [5.41, 5.74) is -0.628. The molecule has 0 radical (unpaired) electrons. The topological polar surface area (TPSA) is 50.4 Å². The van der Waals surface area contributed by atoms with Crippen LogP contribution in [0.4, 0.5) is 0 Å². The molecule has 1 aromatic heterocycles. The Bertz CT molecular complexity index is 432. The van der Waals surface area contributed by atoms with Gasteiger partial charge in [-0.2, -0.15) is 0 Å². The lowest BCUT2D eigenvalue weighted by molar-refractivity contribution is -0.150.